The van der Waals surface area contributed by atoms with Crippen LogP contribution >= 0.6 is 0 Å². The van der Waals surface area contributed by atoms with E-state index in [0.717, 1.165) is 6.42 Å². The zero-order valence-electron chi connectivity index (χ0n) is 12.3. The maximum absolute atomic E-state index is 10.8. The van der Waals surface area contributed by atoms with E-state index in [1.165, 1.54) is 7.11 Å². The molecule has 20 heavy (non-hydrogen) atoms. The molecule has 0 spiro atoms. The molecule has 0 bridgehead atoms. The van der Waals surface area contributed by atoms with Crippen LogP contribution in [0, 0.1) is 0 Å². The molecule has 0 aromatic heterocycles. The van der Waals surface area contributed by atoms with Crippen LogP contribution < -0.4 is 0 Å². The van der Waals surface area contributed by atoms with Crippen molar-refractivity contribution in [3.8, 4) is 0 Å². The summed E-state index contributed by atoms with van der Waals surface area (Å²) in [6.07, 6.45) is 3.44. The number of aliphatic carboxylic acids is 1. The standard InChI is InChI=1S/C10H16O3.C4H10O3/c1-4-6-8(10(11)12)9(13-3)7-5-2;5-1-3-7-4-2-6/h4H,1,5-7H2,2-3H3,(H,11,12);5-6H,1-4H2. The molecule has 0 saturated carbocycles. The zero-order valence-corrected chi connectivity index (χ0v) is 12.3. The van der Waals surface area contributed by atoms with Crippen molar-refractivity contribution < 1.29 is 29.6 Å². The molecule has 0 aromatic carbocycles. The lowest BCUT2D eigenvalue weighted by Gasteiger charge is -2.08. The minimum Gasteiger partial charge on any atom is -0.501 e. The Labute approximate surface area is 120 Å². The predicted molar refractivity (Wildman–Crippen MR) is 76.4 cm³/mol. The number of ether oxygens (including phenoxy) is 2. The van der Waals surface area contributed by atoms with Crippen LogP contribution in [0.4, 0.5) is 0 Å². The molecular formula is C14H26O6. The summed E-state index contributed by atoms with van der Waals surface area (Å²) in [5, 5.41) is 25.0. The van der Waals surface area contributed by atoms with Crippen molar-refractivity contribution in [2.24, 2.45) is 0 Å². The highest BCUT2D eigenvalue weighted by molar-refractivity contribution is 5.87. The predicted octanol–water partition coefficient (Wildman–Crippen LogP) is 1.34. The fourth-order valence-corrected chi connectivity index (χ4v) is 1.30. The van der Waals surface area contributed by atoms with Crippen molar-refractivity contribution in [3.63, 3.8) is 0 Å². The zero-order chi connectivity index (χ0) is 15.8. The number of carboxylic acids is 1. The number of rotatable bonds is 10. The van der Waals surface area contributed by atoms with Gasteiger partial charge in [0.2, 0.25) is 0 Å². The minimum absolute atomic E-state index is 0.0278. The number of carboxylic acid groups (broad SMARTS) is 1. The van der Waals surface area contributed by atoms with Crippen LogP contribution in [0.25, 0.3) is 0 Å². The van der Waals surface area contributed by atoms with Crippen molar-refractivity contribution in [1.82, 2.24) is 0 Å². The second-order valence-electron chi connectivity index (χ2n) is 3.71. The van der Waals surface area contributed by atoms with E-state index in [1.54, 1.807) is 6.08 Å². The normalized spacial score (nSPS) is 11.0. The molecule has 0 radical (unpaired) electrons. The fourth-order valence-electron chi connectivity index (χ4n) is 1.30. The third kappa shape index (κ3) is 11.7. The van der Waals surface area contributed by atoms with E-state index in [9.17, 15) is 4.79 Å². The SMILES string of the molecule is C=CCC(C(=O)O)=C(CCC)OC.OCCOCCO. The van der Waals surface area contributed by atoms with E-state index in [0.29, 0.717) is 37.4 Å². The van der Waals surface area contributed by atoms with Gasteiger partial charge in [0.1, 0.15) is 5.76 Å². The monoisotopic (exact) mass is 290 g/mol. The van der Waals surface area contributed by atoms with Gasteiger partial charge in [-0.1, -0.05) is 13.0 Å². The number of aliphatic hydroxyl groups excluding tert-OH is 2. The first-order valence-electron chi connectivity index (χ1n) is 6.48. The molecule has 0 aliphatic carbocycles. The van der Waals surface area contributed by atoms with Crippen molar-refractivity contribution in [1.29, 1.82) is 0 Å². The molecule has 118 valence electrons. The quantitative estimate of drug-likeness (QED) is 0.243. The topological polar surface area (TPSA) is 96.2 Å². The highest BCUT2D eigenvalue weighted by atomic mass is 16.5. The van der Waals surface area contributed by atoms with Crippen molar-refractivity contribution in [2.75, 3.05) is 33.5 Å². The first kappa shape index (κ1) is 20.9. The van der Waals surface area contributed by atoms with Gasteiger partial charge in [-0.15, -0.1) is 6.58 Å². The average Bonchev–Trinajstić information content (AvgIpc) is 2.43. The lowest BCUT2D eigenvalue weighted by Crippen LogP contribution is -2.05. The summed E-state index contributed by atoms with van der Waals surface area (Å²) in [7, 11) is 1.50. The van der Waals surface area contributed by atoms with Crippen LogP contribution in [0.3, 0.4) is 0 Å². The molecular weight excluding hydrogens is 264 g/mol. The Kier molecular flexibility index (Phi) is 16.4. The summed E-state index contributed by atoms with van der Waals surface area (Å²) in [4.78, 5) is 10.8. The van der Waals surface area contributed by atoms with Crippen molar-refractivity contribution in [3.05, 3.63) is 24.0 Å². The summed E-state index contributed by atoms with van der Waals surface area (Å²) in [5.41, 5.74) is 0.305. The summed E-state index contributed by atoms with van der Waals surface area (Å²) < 4.78 is 9.65. The molecule has 0 heterocycles. The van der Waals surface area contributed by atoms with E-state index >= 15 is 0 Å². The highest BCUT2D eigenvalue weighted by Gasteiger charge is 2.12. The number of aliphatic hydroxyl groups is 2. The largest absolute Gasteiger partial charge is 0.501 e. The number of hydrogen-bond acceptors (Lipinski definition) is 5. The minimum atomic E-state index is -0.926. The third-order valence-electron chi connectivity index (χ3n) is 2.14. The smallest absolute Gasteiger partial charge is 0.335 e. The molecule has 3 N–H and O–H groups in total. The summed E-state index contributed by atoms with van der Waals surface area (Å²) >= 11 is 0. The van der Waals surface area contributed by atoms with Crippen molar-refractivity contribution in [2.45, 2.75) is 26.2 Å². The highest BCUT2D eigenvalue weighted by Crippen LogP contribution is 2.15. The van der Waals surface area contributed by atoms with Gasteiger partial charge in [0.25, 0.3) is 0 Å². The summed E-state index contributed by atoms with van der Waals surface area (Å²) in [5.74, 6) is -0.375. The van der Waals surface area contributed by atoms with E-state index in [4.69, 9.17) is 20.1 Å². The Balaban J connectivity index is 0. The van der Waals surface area contributed by atoms with Crippen LogP contribution in [0.5, 0.6) is 0 Å². The Morgan fingerprint density at radius 1 is 1.25 bits per heavy atom. The van der Waals surface area contributed by atoms with Crippen LogP contribution in [0.2, 0.25) is 0 Å². The lowest BCUT2D eigenvalue weighted by molar-refractivity contribution is -0.133. The van der Waals surface area contributed by atoms with Gasteiger partial charge in [-0.25, -0.2) is 4.79 Å². The van der Waals surface area contributed by atoms with Crippen LogP contribution in [0.1, 0.15) is 26.2 Å². The van der Waals surface area contributed by atoms with Crippen LogP contribution in [0.15, 0.2) is 24.0 Å². The summed E-state index contributed by atoms with van der Waals surface area (Å²) in [6.45, 7) is 6.18. The van der Waals surface area contributed by atoms with Gasteiger partial charge in [-0.05, 0) is 6.42 Å². The van der Waals surface area contributed by atoms with Gasteiger partial charge in [-0.2, -0.15) is 0 Å². The van der Waals surface area contributed by atoms with Crippen LogP contribution in [-0.2, 0) is 14.3 Å². The number of hydrogen-bond donors (Lipinski definition) is 3. The Hall–Kier alpha value is -1.37. The Bertz CT molecular complexity index is 281. The van der Waals surface area contributed by atoms with Gasteiger partial charge in [0, 0.05) is 12.8 Å². The summed E-state index contributed by atoms with van der Waals surface area (Å²) in [6, 6.07) is 0. The Morgan fingerprint density at radius 2 is 1.80 bits per heavy atom. The molecule has 0 rings (SSSR count). The molecule has 0 aromatic rings. The molecule has 0 atom stereocenters. The Morgan fingerprint density at radius 3 is 2.10 bits per heavy atom. The molecule has 0 aliphatic heterocycles. The van der Waals surface area contributed by atoms with Gasteiger partial charge in [-0.3, -0.25) is 0 Å². The van der Waals surface area contributed by atoms with Gasteiger partial charge in [0.15, 0.2) is 0 Å². The number of carbonyl (C=O) groups is 1. The number of allylic oxidation sites excluding steroid dienone is 2. The first-order valence-corrected chi connectivity index (χ1v) is 6.48. The van der Waals surface area contributed by atoms with E-state index in [1.807, 2.05) is 6.92 Å². The first-order chi connectivity index (χ1) is 9.58. The van der Waals surface area contributed by atoms with Crippen LogP contribution in [-0.4, -0.2) is 54.8 Å². The maximum Gasteiger partial charge on any atom is 0.335 e. The molecule has 6 nitrogen and oxygen atoms in total. The molecule has 0 aliphatic rings. The van der Waals surface area contributed by atoms with Gasteiger partial charge >= 0.3 is 5.97 Å². The van der Waals surface area contributed by atoms with E-state index in [2.05, 4.69) is 11.3 Å². The molecule has 0 unspecified atom stereocenters. The fraction of sp³-hybridized carbons (Fsp3) is 0.643. The third-order valence-corrected chi connectivity index (χ3v) is 2.14. The maximum atomic E-state index is 10.8. The van der Waals surface area contributed by atoms with Crippen molar-refractivity contribution >= 4 is 5.97 Å². The van der Waals surface area contributed by atoms with E-state index in [-0.39, 0.29) is 13.2 Å². The molecule has 0 fully saturated rings. The average molecular weight is 290 g/mol. The second-order valence-corrected chi connectivity index (χ2v) is 3.71. The molecule has 0 amide bonds. The lowest BCUT2D eigenvalue weighted by atomic mass is 10.1. The van der Waals surface area contributed by atoms with Gasteiger partial charge < -0.3 is 24.8 Å². The molecule has 6 heteroatoms. The van der Waals surface area contributed by atoms with E-state index < -0.39 is 5.97 Å². The number of methoxy groups -OCH3 is 1. The molecule has 0 saturated heterocycles. The van der Waals surface area contributed by atoms with Gasteiger partial charge in [0.05, 0.1) is 39.1 Å². The second kappa shape index (κ2) is 15.7.